The maximum absolute atomic E-state index is 5.82. The van der Waals surface area contributed by atoms with Crippen LogP contribution in [0.25, 0.3) is 0 Å². The van der Waals surface area contributed by atoms with Crippen molar-refractivity contribution in [3.63, 3.8) is 0 Å². The number of hydrogen-bond acceptors (Lipinski definition) is 2. The minimum Gasteiger partial charge on any atom is -0.271 e. The van der Waals surface area contributed by atoms with Crippen molar-refractivity contribution in [3.8, 4) is 0 Å². The average Bonchev–Trinajstić information content (AvgIpc) is 3.18. The molecule has 0 aromatic heterocycles. The predicted octanol–water partition coefficient (Wildman–Crippen LogP) is 3.37. The van der Waals surface area contributed by atoms with Crippen molar-refractivity contribution in [3.05, 3.63) is 35.4 Å². The van der Waals surface area contributed by atoms with Crippen LogP contribution in [-0.4, -0.2) is 6.04 Å². The van der Waals surface area contributed by atoms with Gasteiger partial charge in [0.25, 0.3) is 0 Å². The number of hydrogen-bond donors (Lipinski definition) is 2. The quantitative estimate of drug-likeness (QED) is 0.466. The Bertz CT molecular complexity index is 429. The zero-order valence-corrected chi connectivity index (χ0v) is 11.9. The van der Waals surface area contributed by atoms with Crippen LogP contribution in [-0.2, 0) is 6.42 Å². The molecule has 1 saturated carbocycles. The van der Waals surface area contributed by atoms with E-state index in [-0.39, 0.29) is 0 Å². The monoisotopic (exact) mass is 258 g/mol. The number of unbranched alkanes of at least 4 members (excludes halogenated alkanes) is 2. The summed E-state index contributed by atoms with van der Waals surface area (Å²) in [4.78, 5) is 0. The third kappa shape index (κ3) is 2.44. The van der Waals surface area contributed by atoms with Gasteiger partial charge in [0, 0.05) is 6.04 Å². The predicted molar refractivity (Wildman–Crippen MR) is 79.7 cm³/mol. The van der Waals surface area contributed by atoms with E-state index in [0.29, 0.717) is 6.04 Å². The molecule has 0 heterocycles. The first-order valence-electron chi connectivity index (χ1n) is 7.90. The lowest BCUT2D eigenvalue weighted by molar-refractivity contribution is 0.403. The van der Waals surface area contributed by atoms with Crippen molar-refractivity contribution in [2.75, 3.05) is 0 Å². The first kappa shape index (κ1) is 13.1. The second-order valence-corrected chi connectivity index (χ2v) is 6.27. The molecule has 1 aromatic rings. The number of nitrogens with one attached hydrogen (secondary N) is 1. The summed E-state index contributed by atoms with van der Waals surface area (Å²) in [5.41, 5.74) is 6.30. The van der Waals surface area contributed by atoms with E-state index in [0.717, 1.165) is 17.8 Å². The number of hydrazine groups is 1. The summed E-state index contributed by atoms with van der Waals surface area (Å²) < 4.78 is 0. The minimum atomic E-state index is 0.521. The van der Waals surface area contributed by atoms with Gasteiger partial charge in [-0.2, -0.15) is 0 Å². The zero-order valence-electron chi connectivity index (χ0n) is 11.9. The first-order valence-corrected chi connectivity index (χ1v) is 7.90. The van der Waals surface area contributed by atoms with Crippen LogP contribution in [0.2, 0.25) is 0 Å². The lowest BCUT2D eigenvalue weighted by atomic mass is 9.92. The summed E-state index contributed by atoms with van der Waals surface area (Å²) in [6.07, 6.45) is 7.79. The van der Waals surface area contributed by atoms with E-state index in [1.54, 1.807) is 11.1 Å². The van der Waals surface area contributed by atoms with E-state index in [4.69, 9.17) is 5.84 Å². The summed E-state index contributed by atoms with van der Waals surface area (Å²) in [5.74, 6) is 8.27. The van der Waals surface area contributed by atoms with Gasteiger partial charge in [-0.25, -0.2) is 0 Å². The highest BCUT2D eigenvalue weighted by molar-refractivity contribution is 5.40. The Morgan fingerprint density at radius 1 is 1.32 bits per heavy atom. The van der Waals surface area contributed by atoms with E-state index in [2.05, 4.69) is 36.6 Å². The van der Waals surface area contributed by atoms with Crippen LogP contribution >= 0.6 is 0 Å². The van der Waals surface area contributed by atoms with E-state index >= 15 is 0 Å². The van der Waals surface area contributed by atoms with Gasteiger partial charge in [0.05, 0.1) is 0 Å². The van der Waals surface area contributed by atoms with Crippen LogP contribution in [0.3, 0.4) is 0 Å². The van der Waals surface area contributed by atoms with Crippen molar-refractivity contribution in [2.45, 2.75) is 57.4 Å². The Morgan fingerprint density at radius 2 is 2.16 bits per heavy atom. The van der Waals surface area contributed by atoms with Crippen molar-refractivity contribution in [1.29, 1.82) is 0 Å². The molecule has 2 aliphatic rings. The minimum absolute atomic E-state index is 0.521. The Balaban J connectivity index is 1.68. The standard InChI is InChI=1S/C17H26N2/c1-2-3-4-9-15(19-18)17-14-11-10-12-7-5-6-8-13(12)16(14)17/h5-8,14-17,19H,2-4,9-11,18H2,1H3. The number of rotatable bonds is 6. The normalized spacial score (nSPS) is 29.5. The van der Waals surface area contributed by atoms with Crippen LogP contribution in [0, 0.1) is 11.8 Å². The van der Waals surface area contributed by atoms with Crippen molar-refractivity contribution in [1.82, 2.24) is 5.43 Å². The van der Waals surface area contributed by atoms with Gasteiger partial charge in [-0.05, 0) is 48.1 Å². The number of nitrogens with two attached hydrogens (primary N) is 1. The van der Waals surface area contributed by atoms with Gasteiger partial charge >= 0.3 is 0 Å². The fourth-order valence-electron chi connectivity index (χ4n) is 4.17. The van der Waals surface area contributed by atoms with Crippen LogP contribution in [0.5, 0.6) is 0 Å². The smallest absolute Gasteiger partial charge is 0.0247 e. The SMILES string of the molecule is CCCCCC(NN)C1C2CCc3ccccc3C21. The van der Waals surface area contributed by atoms with Crippen LogP contribution in [0.15, 0.2) is 24.3 Å². The highest BCUT2D eigenvalue weighted by Gasteiger charge is 2.55. The van der Waals surface area contributed by atoms with Crippen LogP contribution < -0.4 is 11.3 Å². The molecule has 2 nitrogen and oxygen atoms in total. The van der Waals surface area contributed by atoms with Crippen LogP contribution in [0.1, 0.15) is 56.1 Å². The second-order valence-electron chi connectivity index (χ2n) is 6.27. The zero-order chi connectivity index (χ0) is 13.2. The summed E-state index contributed by atoms with van der Waals surface area (Å²) in [6.45, 7) is 2.26. The van der Waals surface area contributed by atoms with Gasteiger partial charge in [-0.15, -0.1) is 0 Å². The fourth-order valence-corrected chi connectivity index (χ4v) is 4.17. The fraction of sp³-hybridized carbons (Fsp3) is 0.647. The molecule has 19 heavy (non-hydrogen) atoms. The molecule has 4 unspecified atom stereocenters. The molecular formula is C17H26N2. The number of benzene rings is 1. The maximum Gasteiger partial charge on any atom is 0.0247 e. The molecule has 0 spiro atoms. The van der Waals surface area contributed by atoms with E-state index in [1.807, 2.05) is 0 Å². The lowest BCUT2D eigenvalue weighted by Gasteiger charge is -2.16. The van der Waals surface area contributed by atoms with Crippen molar-refractivity contribution >= 4 is 0 Å². The maximum atomic E-state index is 5.82. The van der Waals surface area contributed by atoms with Gasteiger partial charge in [-0.1, -0.05) is 50.5 Å². The Morgan fingerprint density at radius 3 is 2.95 bits per heavy atom. The number of fused-ring (bicyclic) bond motifs is 3. The molecule has 4 atom stereocenters. The largest absolute Gasteiger partial charge is 0.271 e. The van der Waals surface area contributed by atoms with Gasteiger partial charge in [0.1, 0.15) is 0 Å². The topological polar surface area (TPSA) is 38.0 Å². The molecule has 104 valence electrons. The molecule has 0 radical (unpaired) electrons. The molecule has 2 aliphatic carbocycles. The van der Waals surface area contributed by atoms with Crippen molar-refractivity contribution < 1.29 is 0 Å². The molecule has 0 bridgehead atoms. The summed E-state index contributed by atoms with van der Waals surface area (Å²) in [5, 5.41) is 0. The van der Waals surface area contributed by atoms with Crippen molar-refractivity contribution in [2.24, 2.45) is 17.7 Å². The molecule has 3 N–H and O–H groups in total. The molecule has 0 saturated heterocycles. The summed E-state index contributed by atoms with van der Waals surface area (Å²) in [6, 6.07) is 9.54. The molecule has 2 heteroatoms. The summed E-state index contributed by atoms with van der Waals surface area (Å²) in [7, 11) is 0. The third-order valence-electron chi connectivity index (χ3n) is 5.19. The second kappa shape index (κ2) is 5.64. The number of aryl methyl sites for hydroxylation is 1. The Labute approximate surface area is 116 Å². The molecule has 1 aromatic carbocycles. The molecule has 3 rings (SSSR count). The van der Waals surface area contributed by atoms with E-state index in [9.17, 15) is 0 Å². The Hall–Kier alpha value is -0.860. The van der Waals surface area contributed by atoms with Crippen LogP contribution in [0.4, 0.5) is 0 Å². The molecule has 0 amide bonds. The highest BCUT2D eigenvalue weighted by Crippen LogP contribution is 2.61. The lowest BCUT2D eigenvalue weighted by Crippen LogP contribution is -2.37. The Kier molecular flexibility index (Phi) is 3.90. The first-order chi connectivity index (χ1) is 9.36. The molecular weight excluding hydrogens is 232 g/mol. The van der Waals surface area contributed by atoms with Gasteiger partial charge in [-0.3, -0.25) is 11.3 Å². The highest BCUT2D eigenvalue weighted by atomic mass is 15.2. The van der Waals surface area contributed by atoms with Gasteiger partial charge in [0.2, 0.25) is 0 Å². The van der Waals surface area contributed by atoms with Gasteiger partial charge < -0.3 is 0 Å². The summed E-state index contributed by atoms with van der Waals surface area (Å²) >= 11 is 0. The van der Waals surface area contributed by atoms with Gasteiger partial charge in [0.15, 0.2) is 0 Å². The molecule has 0 aliphatic heterocycles. The van der Waals surface area contributed by atoms with E-state index in [1.165, 1.54) is 38.5 Å². The average molecular weight is 258 g/mol. The third-order valence-corrected chi connectivity index (χ3v) is 5.19. The van der Waals surface area contributed by atoms with E-state index < -0.39 is 0 Å². The molecule has 1 fully saturated rings.